The Morgan fingerprint density at radius 2 is 1.64 bits per heavy atom. The van der Waals surface area contributed by atoms with E-state index in [0.29, 0.717) is 5.95 Å². The van der Waals surface area contributed by atoms with Gasteiger partial charge in [-0.15, -0.1) is 0 Å². The summed E-state index contributed by atoms with van der Waals surface area (Å²) in [7, 11) is 0. The van der Waals surface area contributed by atoms with Crippen molar-refractivity contribution in [2.45, 2.75) is 125 Å². The lowest BCUT2D eigenvalue weighted by atomic mass is 9.88. The Morgan fingerprint density at radius 3 is 2.15 bits per heavy atom. The molecule has 0 amide bonds. The predicted octanol–water partition coefficient (Wildman–Crippen LogP) is 8.16. The highest BCUT2D eigenvalue weighted by molar-refractivity contribution is 5.89. The number of aliphatic imine (C=N–C) groups is 1. The summed E-state index contributed by atoms with van der Waals surface area (Å²) in [5.41, 5.74) is 8.02. The van der Waals surface area contributed by atoms with Gasteiger partial charge in [0.05, 0.1) is 17.8 Å². The molecule has 4 rings (SSSR count). The molecule has 2 aliphatic rings. The number of rotatable bonds is 4. The summed E-state index contributed by atoms with van der Waals surface area (Å²) in [6.07, 6.45) is 18.1. The maximum Gasteiger partial charge on any atom is 0.221 e. The molecule has 0 bridgehead atoms. The third kappa shape index (κ3) is 8.42. The number of aromatic nitrogens is 3. The molecule has 0 aromatic carbocycles. The van der Waals surface area contributed by atoms with Crippen LogP contribution in [0.25, 0.3) is 11.0 Å². The predicted molar refractivity (Wildman–Crippen MR) is 146 cm³/mol. The van der Waals surface area contributed by atoms with Gasteiger partial charge in [0.15, 0.2) is 0 Å². The first-order valence-electron chi connectivity index (χ1n) is 13.7. The van der Waals surface area contributed by atoms with Crippen molar-refractivity contribution in [3.63, 3.8) is 0 Å². The van der Waals surface area contributed by atoms with Crippen molar-refractivity contribution in [1.29, 1.82) is 0 Å². The standard InChI is InChI=1S/C15H19N5.C7H16.C4H10.C2H6/c16-14-18-8-11-7-12-9-17-10-15(20(12)13(11)19-14)5-3-1-2-4-6-15;1-4-6-7(3)5-2;1-3-4-2;1-2/h7-9H,1-6,10H2,(H2,16,18,19);7H,4-6H2,1-3H3;3-4H2,1-2H3;1-2H3. The first kappa shape index (κ1) is 29.1. The van der Waals surface area contributed by atoms with Gasteiger partial charge in [-0.1, -0.05) is 106 Å². The van der Waals surface area contributed by atoms with Crippen LogP contribution >= 0.6 is 0 Å². The summed E-state index contributed by atoms with van der Waals surface area (Å²) in [6, 6.07) is 2.13. The number of hydrogen-bond donors (Lipinski definition) is 1. The molecule has 5 heteroatoms. The molecule has 1 aliphatic heterocycles. The molecule has 0 radical (unpaired) electrons. The minimum atomic E-state index is 0.100. The van der Waals surface area contributed by atoms with E-state index in [9.17, 15) is 0 Å². The van der Waals surface area contributed by atoms with E-state index in [1.165, 1.54) is 70.6 Å². The molecule has 0 saturated heterocycles. The summed E-state index contributed by atoms with van der Waals surface area (Å²) in [4.78, 5) is 13.2. The van der Waals surface area contributed by atoms with Crippen LogP contribution in [-0.4, -0.2) is 27.3 Å². The summed E-state index contributed by atoms with van der Waals surface area (Å²) in [5, 5.41) is 1.06. The molecule has 3 heterocycles. The first-order chi connectivity index (χ1) is 16.0. The second-order valence-corrected chi connectivity index (χ2v) is 9.32. The molecule has 1 spiro atoms. The normalized spacial score (nSPS) is 16.8. The highest BCUT2D eigenvalue weighted by atomic mass is 15.2. The average Bonchev–Trinajstić information content (AvgIpc) is 3.06. The van der Waals surface area contributed by atoms with Crippen molar-refractivity contribution < 1.29 is 0 Å². The van der Waals surface area contributed by atoms with E-state index in [1.807, 2.05) is 26.3 Å². The van der Waals surface area contributed by atoms with Crippen LogP contribution in [0, 0.1) is 5.92 Å². The Kier molecular flexibility index (Phi) is 14.0. The molecule has 33 heavy (non-hydrogen) atoms. The Morgan fingerprint density at radius 1 is 1.00 bits per heavy atom. The van der Waals surface area contributed by atoms with Crippen LogP contribution in [0.5, 0.6) is 0 Å². The van der Waals surface area contributed by atoms with Gasteiger partial charge < -0.3 is 10.3 Å². The van der Waals surface area contributed by atoms with Gasteiger partial charge in [0.1, 0.15) is 5.65 Å². The third-order valence-electron chi connectivity index (χ3n) is 6.68. The van der Waals surface area contributed by atoms with E-state index >= 15 is 0 Å². The maximum atomic E-state index is 5.80. The fourth-order valence-corrected chi connectivity index (χ4v) is 4.46. The van der Waals surface area contributed by atoms with Gasteiger partial charge in [0, 0.05) is 17.8 Å². The van der Waals surface area contributed by atoms with Crippen molar-refractivity contribution in [1.82, 2.24) is 14.5 Å². The molecule has 2 aromatic rings. The zero-order valence-corrected chi connectivity index (χ0v) is 22.7. The number of hydrogen-bond acceptors (Lipinski definition) is 4. The minimum absolute atomic E-state index is 0.100. The Balaban J connectivity index is 0.000000352. The van der Waals surface area contributed by atoms with Crippen LogP contribution in [0.1, 0.15) is 125 Å². The average molecular weight is 458 g/mol. The lowest BCUT2D eigenvalue weighted by Crippen LogP contribution is -2.40. The molecule has 1 unspecified atom stereocenters. The highest BCUT2D eigenvalue weighted by Crippen LogP contribution is 2.39. The Hall–Kier alpha value is -1.91. The van der Waals surface area contributed by atoms with Crippen LogP contribution in [0.4, 0.5) is 5.95 Å². The Bertz CT molecular complexity index is 798. The topological polar surface area (TPSA) is 69.1 Å². The number of anilines is 1. The number of unbranched alkanes of at least 4 members (excludes halogenated alkanes) is 1. The van der Waals surface area contributed by atoms with Crippen molar-refractivity contribution in [3.05, 3.63) is 18.0 Å². The molecule has 2 N–H and O–H groups in total. The van der Waals surface area contributed by atoms with Crippen LogP contribution in [0.2, 0.25) is 0 Å². The van der Waals surface area contributed by atoms with Crippen molar-refractivity contribution in [3.8, 4) is 0 Å². The van der Waals surface area contributed by atoms with Crippen LogP contribution < -0.4 is 5.73 Å². The zero-order valence-electron chi connectivity index (χ0n) is 22.7. The molecule has 5 nitrogen and oxygen atoms in total. The minimum Gasteiger partial charge on any atom is -0.368 e. The van der Waals surface area contributed by atoms with Gasteiger partial charge >= 0.3 is 0 Å². The van der Waals surface area contributed by atoms with E-state index in [1.54, 1.807) is 0 Å². The van der Waals surface area contributed by atoms with Gasteiger partial charge in [-0.2, -0.15) is 4.98 Å². The van der Waals surface area contributed by atoms with E-state index in [0.717, 1.165) is 29.2 Å². The summed E-state index contributed by atoms with van der Waals surface area (Å²) in [6.45, 7) is 16.0. The van der Waals surface area contributed by atoms with Crippen molar-refractivity contribution in [2.75, 3.05) is 12.3 Å². The maximum absolute atomic E-state index is 5.80. The van der Waals surface area contributed by atoms with Gasteiger partial charge in [-0.3, -0.25) is 4.99 Å². The summed E-state index contributed by atoms with van der Waals surface area (Å²) >= 11 is 0. The molecular weight excluding hydrogens is 406 g/mol. The number of nitrogens with two attached hydrogens (primary N) is 1. The van der Waals surface area contributed by atoms with Gasteiger partial charge in [0.2, 0.25) is 5.95 Å². The van der Waals surface area contributed by atoms with Crippen molar-refractivity contribution >= 4 is 23.2 Å². The number of nitrogen functional groups attached to an aromatic ring is 1. The number of nitrogens with zero attached hydrogens (tertiary/aromatic N) is 4. The number of fused-ring (bicyclic) bond motifs is 4. The largest absolute Gasteiger partial charge is 0.368 e. The second-order valence-electron chi connectivity index (χ2n) is 9.32. The lowest BCUT2D eigenvalue weighted by molar-refractivity contribution is 0.257. The molecular formula is C28H51N5. The van der Waals surface area contributed by atoms with Crippen LogP contribution in [-0.2, 0) is 5.54 Å². The monoisotopic (exact) mass is 457 g/mol. The quantitative estimate of drug-likeness (QED) is 0.503. The summed E-state index contributed by atoms with van der Waals surface area (Å²) < 4.78 is 2.39. The van der Waals surface area contributed by atoms with E-state index in [2.05, 4.69) is 60.2 Å². The smallest absolute Gasteiger partial charge is 0.221 e. The SMILES string of the molecule is CC.CCCC.CCCC(C)CC.Nc1ncc2cc3n(c2n1)C1(CCCCCC1)CN=C3. The van der Waals surface area contributed by atoms with E-state index < -0.39 is 0 Å². The lowest BCUT2D eigenvalue weighted by Gasteiger charge is -2.37. The zero-order chi connectivity index (χ0) is 24.7. The van der Waals surface area contributed by atoms with Crippen molar-refractivity contribution in [2.24, 2.45) is 10.9 Å². The summed E-state index contributed by atoms with van der Waals surface area (Å²) in [5.74, 6) is 1.30. The van der Waals surface area contributed by atoms with Crippen LogP contribution in [0.3, 0.4) is 0 Å². The van der Waals surface area contributed by atoms with Gasteiger partial charge in [0.25, 0.3) is 0 Å². The highest BCUT2D eigenvalue weighted by Gasteiger charge is 2.37. The fraction of sp³-hybridized carbons (Fsp3) is 0.750. The Labute approximate surface area is 203 Å². The molecule has 1 saturated carbocycles. The molecule has 188 valence electrons. The van der Waals surface area contributed by atoms with E-state index in [4.69, 9.17) is 5.73 Å². The second kappa shape index (κ2) is 15.8. The fourth-order valence-electron chi connectivity index (χ4n) is 4.46. The molecule has 1 aliphatic carbocycles. The molecule has 1 atom stereocenters. The molecule has 1 fully saturated rings. The van der Waals surface area contributed by atoms with E-state index in [-0.39, 0.29) is 5.54 Å². The third-order valence-corrected chi connectivity index (χ3v) is 6.68. The first-order valence-corrected chi connectivity index (χ1v) is 13.7. The van der Waals surface area contributed by atoms with Gasteiger partial charge in [-0.05, 0) is 24.8 Å². The van der Waals surface area contributed by atoms with Gasteiger partial charge in [-0.25, -0.2) is 4.98 Å². The molecule has 2 aromatic heterocycles. The van der Waals surface area contributed by atoms with Crippen LogP contribution in [0.15, 0.2) is 17.3 Å².